The van der Waals surface area contributed by atoms with Crippen LogP contribution in [-0.2, 0) is 27.3 Å². The third-order valence-corrected chi connectivity index (χ3v) is 9.10. The molecule has 37 heavy (non-hydrogen) atoms. The number of halogens is 1. The molecule has 2 N–H and O–H groups in total. The summed E-state index contributed by atoms with van der Waals surface area (Å²) >= 11 is 2.33. The lowest BCUT2D eigenvalue weighted by Crippen LogP contribution is -2.47. The third-order valence-electron chi connectivity index (χ3n) is 8.05. The normalized spacial score (nSPS) is 26.1. The van der Waals surface area contributed by atoms with Crippen molar-refractivity contribution in [3.63, 3.8) is 0 Å². The summed E-state index contributed by atoms with van der Waals surface area (Å²) in [4.78, 5) is 20.4. The number of hydrogen-bond acceptors (Lipinski definition) is 5. The van der Waals surface area contributed by atoms with Gasteiger partial charge in [-0.1, -0.05) is 36.4 Å². The number of aliphatic hydroxyl groups excluding tert-OH is 1. The van der Waals surface area contributed by atoms with Gasteiger partial charge in [0.1, 0.15) is 0 Å². The van der Waals surface area contributed by atoms with Crippen LogP contribution in [0.4, 0.5) is 0 Å². The number of fused-ring (bicyclic) bond motifs is 4. The fourth-order valence-corrected chi connectivity index (χ4v) is 6.71. The summed E-state index contributed by atoms with van der Waals surface area (Å²) in [5.74, 6) is -1.14. The number of aromatic amines is 1. The summed E-state index contributed by atoms with van der Waals surface area (Å²) in [5, 5.41) is 13.9. The lowest BCUT2D eigenvalue weighted by molar-refractivity contribution is -0.158. The Morgan fingerprint density at radius 2 is 2.00 bits per heavy atom. The van der Waals surface area contributed by atoms with Gasteiger partial charge in [0.05, 0.1) is 44.9 Å². The van der Waals surface area contributed by atoms with Crippen LogP contribution in [0.15, 0.2) is 48.5 Å². The van der Waals surface area contributed by atoms with Gasteiger partial charge >= 0.3 is 5.97 Å². The maximum Gasteiger partial charge on any atom is 0.311 e. The van der Waals surface area contributed by atoms with Crippen LogP contribution in [0.1, 0.15) is 42.2 Å². The molecule has 1 aromatic heterocycles. The Morgan fingerprint density at radius 3 is 2.78 bits per heavy atom. The molecule has 2 heterocycles. The van der Waals surface area contributed by atoms with Gasteiger partial charge in [-0.3, -0.25) is 4.79 Å². The van der Waals surface area contributed by atoms with E-state index in [1.807, 2.05) is 24.3 Å². The number of benzene rings is 2. The lowest BCUT2D eigenvalue weighted by atomic mass is 9.67. The van der Waals surface area contributed by atoms with E-state index in [4.69, 9.17) is 16.0 Å². The zero-order valence-electron chi connectivity index (χ0n) is 20.9. The number of nitrogens with zero attached hydrogens (tertiary/aromatic N) is 2. The molecule has 1 aliphatic carbocycles. The Hall–Kier alpha value is -2.61. The summed E-state index contributed by atoms with van der Waals surface area (Å²) in [6.45, 7) is 9.41. The van der Waals surface area contributed by atoms with Crippen LogP contribution in [0.25, 0.3) is 15.9 Å². The van der Waals surface area contributed by atoms with Crippen molar-refractivity contribution in [2.45, 2.75) is 44.5 Å². The molecule has 0 radical (unpaired) electrons. The molecule has 5 atom stereocenters. The zero-order chi connectivity index (χ0) is 25.9. The second kappa shape index (κ2) is 11.4. The van der Waals surface area contributed by atoms with Gasteiger partial charge in [0.2, 0.25) is 0 Å². The average Bonchev–Trinajstić information content (AvgIpc) is 3.28. The minimum absolute atomic E-state index is 0.0792. The first-order chi connectivity index (χ1) is 18.0. The number of hydrogen-bond donors (Lipinski definition) is 2. The first-order valence-corrected chi connectivity index (χ1v) is 13.9. The molecule has 0 saturated heterocycles. The van der Waals surface area contributed by atoms with Crippen molar-refractivity contribution in [1.29, 1.82) is 0 Å². The Balaban J connectivity index is 1.59. The number of rotatable bonds is 4. The number of aliphatic hydroxyl groups is 1. The van der Waals surface area contributed by atoms with E-state index in [0.29, 0.717) is 32.5 Å². The van der Waals surface area contributed by atoms with Gasteiger partial charge in [-0.15, -0.1) is 5.01 Å². The third kappa shape index (κ3) is 5.35. The first-order valence-electron chi connectivity index (χ1n) is 12.8. The molecule has 0 unspecified atom stereocenters. The molecule has 1 aliphatic heterocycles. The molecule has 5 rings (SSSR count). The van der Waals surface area contributed by atoms with Gasteiger partial charge in [-0.25, -0.2) is 0 Å². The monoisotopic (exact) mass is 613 g/mol. The van der Waals surface area contributed by atoms with Crippen molar-refractivity contribution >= 4 is 39.5 Å². The number of carbonyl (C=O) groups excluding carboxylic acids is 1. The number of esters is 1. The molecule has 8 heteroatoms. The van der Waals surface area contributed by atoms with Gasteiger partial charge in [-0.05, 0) is 83.4 Å². The number of carbonyl (C=O) groups is 1. The Labute approximate surface area is 231 Å². The van der Waals surface area contributed by atoms with Crippen LogP contribution < -0.4 is 0 Å². The molecule has 2 aromatic carbocycles. The molecular formula is C29H32IN3O4. The Bertz CT molecular complexity index is 1300. The van der Waals surface area contributed by atoms with Crippen LogP contribution in [0.5, 0.6) is 0 Å². The summed E-state index contributed by atoms with van der Waals surface area (Å²) < 4.78 is 13.0. The van der Waals surface area contributed by atoms with Crippen molar-refractivity contribution in [2.75, 3.05) is 20.2 Å². The van der Waals surface area contributed by atoms with Crippen LogP contribution in [0, 0.1) is 27.9 Å². The van der Waals surface area contributed by atoms with Crippen LogP contribution in [0.2, 0.25) is 0 Å². The van der Waals surface area contributed by atoms with E-state index in [-0.39, 0.29) is 23.9 Å². The fraction of sp³-hybridized carbons (Fsp3) is 0.448. The maximum atomic E-state index is 12.9. The maximum absolute atomic E-state index is 12.9. The standard InChI is InChI=1S/C29H32IN3O4/c1-31-33-14-13-21-20-8-4-6-10-24(20)32-28(21)26(37-17-19-7-3-5-9-23(19)30)15-22-18(16-33)11-12-25(34)27(22)29(35)36-2/h3-10,18,22,25-27,32,34H,11-17H2,2H3/t18-,22-,25-,26+,27+/m0/s1. The second-order valence-electron chi connectivity index (χ2n) is 10.1. The summed E-state index contributed by atoms with van der Waals surface area (Å²) in [5.41, 5.74) is 4.30. The van der Waals surface area contributed by atoms with Gasteiger partial charge < -0.3 is 19.6 Å². The largest absolute Gasteiger partial charge is 0.469 e. The van der Waals surface area contributed by atoms with Crippen LogP contribution in [-0.4, -0.2) is 47.4 Å². The van der Waals surface area contributed by atoms with Gasteiger partial charge in [0.15, 0.2) is 0 Å². The van der Waals surface area contributed by atoms with Gasteiger partial charge in [0, 0.05) is 20.2 Å². The minimum Gasteiger partial charge on any atom is -0.469 e. The summed E-state index contributed by atoms with van der Waals surface area (Å²) in [7, 11) is 1.38. The topological polar surface area (TPSA) is 79.2 Å². The molecule has 2 aliphatic rings. The van der Waals surface area contributed by atoms with E-state index in [9.17, 15) is 9.90 Å². The van der Waals surface area contributed by atoms with E-state index in [1.165, 1.54) is 7.11 Å². The number of H-pyrrole nitrogens is 1. The van der Waals surface area contributed by atoms with Crippen molar-refractivity contribution < 1.29 is 19.4 Å². The number of aromatic nitrogens is 1. The number of para-hydroxylation sites is 1. The molecule has 1 saturated carbocycles. The number of ether oxygens (including phenoxy) is 2. The quantitative estimate of drug-likeness (QED) is 0.238. The zero-order valence-corrected chi connectivity index (χ0v) is 23.1. The second-order valence-corrected chi connectivity index (χ2v) is 11.2. The van der Waals surface area contributed by atoms with Crippen LogP contribution in [0.3, 0.4) is 0 Å². The molecule has 3 aromatic rings. The van der Waals surface area contributed by atoms with Gasteiger partial charge in [-0.2, -0.15) is 11.5 Å². The molecule has 0 bridgehead atoms. The average molecular weight is 613 g/mol. The van der Waals surface area contributed by atoms with E-state index in [2.05, 4.69) is 56.8 Å². The van der Waals surface area contributed by atoms with E-state index in [1.54, 1.807) is 5.01 Å². The van der Waals surface area contributed by atoms with E-state index in [0.717, 1.165) is 44.1 Å². The highest BCUT2D eigenvalue weighted by atomic mass is 127. The van der Waals surface area contributed by atoms with Crippen molar-refractivity contribution in [3.8, 4) is 0 Å². The smallest absolute Gasteiger partial charge is 0.311 e. The van der Waals surface area contributed by atoms with Crippen molar-refractivity contribution in [1.82, 2.24) is 9.99 Å². The molecule has 0 spiro atoms. The van der Waals surface area contributed by atoms with Gasteiger partial charge in [0.25, 0.3) is 0 Å². The first kappa shape index (κ1) is 26.0. The Kier molecular flexibility index (Phi) is 8.03. The minimum atomic E-state index is -0.768. The molecular weight excluding hydrogens is 581 g/mol. The van der Waals surface area contributed by atoms with Crippen molar-refractivity contribution in [3.05, 3.63) is 80.4 Å². The van der Waals surface area contributed by atoms with Crippen molar-refractivity contribution in [2.24, 2.45) is 17.8 Å². The molecule has 194 valence electrons. The SMILES string of the molecule is [C-]#[N+]N1CCc2c([nH]c3ccccc23)[C@H](OCc2ccccc2I)C[C@H]2[C@@H](CC[C@H](O)[C@@H]2C(=O)OC)C1. The number of methoxy groups -OCH3 is 1. The van der Waals surface area contributed by atoms with E-state index < -0.39 is 12.0 Å². The summed E-state index contributed by atoms with van der Waals surface area (Å²) in [6.07, 6.45) is 1.49. The highest BCUT2D eigenvalue weighted by Crippen LogP contribution is 2.44. The molecule has 0 amide bonds. The Morgan fingerprint density at radius 1 is 1.22 bits per heavy atom. The molecule has 1 fully saturated rings. The highest BCUT2D eigenvalue weighted by molar-refractivity contribution is 14.1. The van der Waals surface area contributed by atoms with Crippen LogP contribution >= 0.6 is 22.6 Å². The van der Waals surface area contributed by atoms with E-state index >= 15 is 0 Å². The summed E-state index contributed by atoms with van der Waals surface area (Å²) in [6, 6.07) is 16.4. The number of nitrogens with one attached hydrogen (secondary N) is 1. The fourth-order valence-electron chi connectivity index (χ4n) is 6.17. The lowest BCUT2D eigenvalue weighted by Gasteiger charge is -2.41. The molecule has 7 nitrogen and oxygen atoms in total. The predicted octanol–water partition coefficient (Wildman–Crippen LogP) is 5.29. The highest BCUT2D eigenvalue weighted by Gasteiger charge is 2.46. The predicted molar refractivity (Wildman–Crippen MR) is 149 cm³/mol.